The lowest BCUT2D eigenvalue weighted by atomic mass is 10.2. The molecule has 1 unspecified atom stereocenters. The zero-order valence-electron chi connectivity index (χ0n) is 11.9. The minimum atomic E-state index is -0.839. The monoisotopic (exact) mass is 266 g/mol. The highest BCUT2D eigenvalue weighted by molar-refractivity contribution is 5.74. The second-order valence-corrected chi connectivity index (χ2v) is 4.79. The summed E-state index contributed by atoms with van der Waals surface area (Å²) in [7, 11) is 3.49. The fourth-order valence-electron chi connectivity index (χ4n) is 1.82. The van der Waals surface area contributed by atoms with Gasteiger partial charge in [-0.2, -0.15) is 0 Å². The van der Waals surface area contributed by atoms with Crippen LogP contribution in [-0.2, 0) is 4.79 Å². The van der Waals surface area contributed by atoms with Crippen molar-refractivity contribution in [2.75, 3.05) is 25.6 Å². The summed E-state index contributed by atoms with van der Waals surface area (Å²) in [5.74, 6) is -0.0544. The summed E-state index contributed by atoms with van der Waals surface area (Å²) >= 11 is 0. The summed E-state index contributed by atoms with van der Waals surface area (Å²) < 4.78 is 5.10. The van der Waals surface area contributed by atoms with Crippen LogP contribution >= 0.6 is 0 Å². The average molecular weight is 266 g/mol. The molecule has 1 atom stereocenters. The second kappa shape index (κ2) is 6.99. The Labute approximate surface area is 114 Å². The Kier molecular flexibility index (Phi) is 5.63. The van der Waals surface area contributed by atoms with E-state index in [9.17, 15) is 9.90 Å². The molecule has 0 heterocycles. The van der Waals surface area contributed by atoms with Crippen LogP contribution in [0, 0.1) is 0 Å². The van der Waals surface area contributed by atoms with Crippen LogP contribution in [0.4, 0.5) is 5.69 Å². The molecule has 0 aliphatic heterocycles. The maximum absolute atomic E-state index is 11.2. The van der Waals surface area contributed by atoms with E-state index in [1.807, 2.05) is 50.1 Å². The Morgan fingerprint density at radius 1 is 1.37 bits per heavy atom. The third-order valence-electron chi connectivity index (χ3n) is 2.80. The van der Waals surface area contributed by atoms with E-state index in [1.54, 1.807) is 7.11 Å². The summed E-state index contributed by atoms with van der Waals surface area (Å²) in [6.45, 7) is 4.27. The van der Waals surface area contributed by atoms with Crippen molar-refractivity contribution in [2.45, 2.75) is 25.9 Å². The molecular weight excluding hydrogens is 244 g/mol. The summed E-state index contributed by atoms with van der Waals surface area (Å²) in [6.07, 6.45) is 0. The van der Waals surface area contributed by atoms with Crippen LogP contribution in [0.5, 0.6) is 5.75 Å². The van der Waals surface area contributed by atoms with Crippen LogP contribution in [0.15, 0.2) is 24.3 Å². The Hall–Kier alpha value is -1.75. The van der Waals surface area contributed by atoms with E-state index in [4.69, 9.17) is 4.74 Å². The van der Waals surface area contributed by atoms with Crippen molar-refractivity contribution in [1.82, 2.24) is 5.32 Å². The maximum Gasteiger partial charge on any atom is 0.322 e. The zero-order chi connectivity index (χ0) is 14.4. The highest BCUT2D eigenvalue weighted by atomic mass is 16.5. The van der Waals surface area contributed by atoms with Gasteiger partial charge in [0.15, 0.2) is 0 Å². The second-order valence-electron chi connectivity index (χ2n) is 4.79. The van der Waals surface area contributed by atoms with E-state index in [2.05, 4.69) is 5.32 Å². The largest absolute Gasteiger partial charge is 0.497 e. The van der Waals surface area contributed by atoms with Gasteiger partial charge in [0.2, 0.25) is 0 Å². The number of rotatable bonds is 7. The van der Waals surface area contributed by atoms with Crippen LogP contribution in [0.2, 0.25) is 0 Å². The summed E-state index contributed by atoms with van der Waals surface area (Å²) in [4.78, 5) is 13.1. The number of methoxy groups -OCH3 is 1. The smallest absolute Gasteiger partial charge is 0.322 e. The van der Waals surface area contributed by atoms with Crippen molar-refractivity contribution in [1.29, 1.82) is 0 Å². The van der Waals surface area contributed by atoms with Gasteiger partial charge in [-0.15, -0.1) is 0 Å². The van der Waals surface area contributed by atoms with Gasteiger partial charge in [-0.1, -0.05) is 13.8 Å². The molecule has 5 nitrogen and oxygen atoms in total. The number of benzene rings is 1. The highest BCUT2D eigenvalue weighted by Crippen LogP contribution is 2.18. The van der Waals surface area contributed by atoms with Gasteiger partial charge in [0.1, 0.15) is 11.8 Å². The van der Waals surface area contributed by atoms with E-state index < -0.39 is 12.0 Å². The number of likely N-dealkylation sites (N-methyl/N-ethyl adjacent to an activating group) is 1. The molecule has 0 radical (unpaired) electrons. The number of carboxylic acid groups (broad SMARTS) is 1. The molecule has 0 spiro atoms. The zero-order valence-corrected chi connectivity index (χ0v) is 11.9. The molecule has 0 fully saturated rings. The van der Waals surface area contributed by atoms with Crippen LogP contribution in [-0.4, -0.2) is 43.9 Å². The molecule has 0 aliphatic carbocycles. The SMILES string of the molecule is COc1ccc(N(C)CC(NC(C)C)C(=O)O)cc1. The number of carbonyl (C=O) groups is 1. The third kappa shape index (κ3) is 4.79. The van der Waals surface area contributed by atoms with Crippen molar-refractivity contribution in [3.8, 4) is 5.75 Å². The standard InChI is InChI=1S/C14H22N2O3/c1-10(2)15-13(14(17)18)9-16(3)11-5-7-12(19-4)8-6-11/h5-8,10,13,15H,9H2,1-4H3,(H,17,18). The van der Waals surface area contributed by atoms with Crippen LogP contribution in [0.1, 0.15) is 13.8 Å². The number of hydrogen-bond acceptors (Lipinski definition) is 4. The van der Waals surface area contributed by atoms with Crippen molar-refractivity contribution >= 4 is 11.7 Å². The van der Waals surface area contributed by atoms with E-state index in [0.29, 0.717) is 6.54 Å². The van der Waals surface area contributed by atoms with Crippen molar-refractivity contribution < 1.29 is 14.6 Å². The molecule has 0 aliphatic rings. The first kappa shape index (κ1) is 15.3. The number of hydrogen-bond donors (Lipinski definition) is 2. The first-order valence-corrected chi connectivity index (χ1v) is 6.28. The van der Waals surface area contributed by atoms with Gasteiger partial charge in [0.05, 0.1) is 7.11 Å². The molecule has 0 bridgehead atoms. The molecule has 1 aromatic carbocycles. The fourth-order valence-corrected chi connectivity index (χ4v) is 1.82. The molecule has 106 valence electrons. The molecule has 0 saturated carbocycles. The normalized spacial score (nSPS) is 12.3. The topological polar surface area (TPSA) is 61.8 Å². The number of nitrogens with one attached hydrogen (secondary N) is 1. The van der Waals surface area contributed by atoms with Crippen LogP contribution < -0.4 is 15.0 Å². The minimum absolute atomic E-state index is 0.130. The first-order chi connectivity index (χ1) is 8.93. The van der Waals surface area contributed by atoms with Crippen molar-refractivity contribution in [2.24, 2.45) is 0 Å². The molecule has 1 aromatic rings. The molecule has 19 heavy (non-hydrogen) atoms. The van der Waals surface area contributed by atoms with E-state index in [1.165, 1.54) is 0 Å². The molecule has 0 aromatic heterocycles. The van der Waals surface area contributed by atoms with Crippen molar-refractivity contribution in [3.05, 3.63) is 24.3 Å². The predicted molar refractivity (Wildman–Crippen MR) is 76.0 cm³/mol. The molecule has 0 saturated heterocycles. The van der Waals surface area contributed by atoms with Crippen molar-refractivity contribution in [3.63, 3.8) is 0 Å². The van der Waals surface area contributed by atoms with Crippen LogP contribution in [0.3, 0.4) is 0 Å². The van der Waals surface area contributed by atoms with Gasteiger partial charge >= 0.3 is 5.97 Å². The number of carboxylic acids is 1. The maximum atomic E-state index is 11.2. The van der Waals surface area contributed by atoms with E-state index >= 15 is 0 Å². The molecule has 5 heteroatoms. The van der Waals surface area contributed by atoms with Gasteiger partial charge in [0.25, 0.3) is 0 Å². The summed E-state index contributed by atoms with van der Waals surface area (Å²) in [5.41, 5.74) is 0.956. The first-order valence-electron chi connectivity index (χ1n) is 6.28. The summed E-state index contributed by atoms with van der Waals surface area (Å²) in [5, 5.41) is 12.2. The Bertz CT molecular complexity index is 404. The Balaban J connectivity index is 2.69. The van der Waals surface area contributed by atoms with Gasteiger partial charge < -0.3 is 20.1 Å². The Morgan fingerprint density at radius 3 is 2.37 bits per heavy atom. The molecule has 2 N–H and O–H groups in total. The molecule has 0 amide bonds. The lowest BCUT2D eigenvalue weighted by molar-refractivity contribution is -0.139. The summed E-state index contributed by atoms with van der Waals surface area (Å²) in [6, 6.07) is 7.08. The van der Waals surface area contributed by atoms with Gasteiger partial charge in [0, 0.05) is 25.3 Å². The van der Waals surface area contributed by atoms with E-state index in [0.717, 1.165) is 11.4 Å². The molecular formula is C14H22N2O3. The third-order valence-corrected chi connectivity index (χ3v) is 2.80. The van der Waals surface area contributed by atoms with Gasteiger partial charge in [-0.3, -0.25) is 4.79 Å². The lowest BCUT2D eigenvalue weighted by Crippen LogP contribution is -2.47. The van der Waals surface area contributed by atoms with Gasteiger partial charge in [-0.25, -0.2) is 0 Å². The number of anilines is 1. The molecule has 1 rings (SSSR count). The number of aliphatic carboxylic acids is 1. The number of ether oxygens (including phenoxy) is 1. The van der Waals surface area contributed by atoms with Gasteiger partial charge in [-0.05, 0) is 24.3 Å². The highest BCUT2D eigenvalue weighted by Gasteiger charge is 2.20. The van der Waals surface area contributed by atoms with Crippen LogP contribution in [0.25, 0.3) is 0 Å². The number of nitrogens with zero attached hydrogens (tertiary/aromatic N) is 1. The lowest BCUT2D eigenvalue weighted by Gasteiger charge is -2.25. The van der Waals surface area contributed by atoms with E-state index in [-0.39, 0.29) is 6.04 Å². The average Bonchev–Trinajstić information content (AvgIpc) is 2.37. The fraction of sp³-hybridized carbons (Fsp3) is 0.500. The minimum Gasteiger partial charge on any atom is -0.497 e. The quantitative estimate of drug-likeness (QED) is 0.784. The predicted octanol–water partition coefficient (Wildman–Crippen LogP) is 1.58. The Morgan fingerprint density at radius 2 is 1.95 bits per heavy atom.